The van der Waals surface area contributed by atoms with Crippen LogP contribution in [0.5, 0.6) is 0 Å². The third-order valence-corrected chi connectivity index (χ3v) is 5.48. The molecule has 0 aromatic heterocycles. The second-order valence-corrected chi connectivity index (χ2v) is 7.20. The lowest BCUT2D eigenvalue weighted by atomic mass is 10.0. The zero-order valence-corrected chi connectivity index (χ0v) is 12.6. The number of alkyl carbamates (subject to hydrolysis) is 1. The smallest absolute Gasteiger partial charge is 0.407 e. The number of cyclic esters (lactones) is 1. The molecule has 19 heavy (non-hydrogen) atoms. The third kappa shape index (κ3) is 4.42. The van der Waals surface area contributed by atoms with Crippen LogP contribution in [0.4, 0.5) is 4.79 Å². The zero-order chi connectivity index (χ0) is 14.4. The molecule has 1 amide bonds. The van der Waals surface area contributed by atoms with Gasteiger partial charge in [-0.15, -0.1) is 23.5 Å². The molecule has 0 bridgehead atoms. The molecule has 1 aliphatic heterocycles. The van der Waals surface area contributed by atoms with E-state index in [2.05, 4.69) is 5.32 Å². The van der Waals surface area contributed by atoms with E-state index in [4.69, 9.17) is 9.84 Å². The van der Waals surface area contributed by atoms with Crippen LogP contribution in [0, 0.1) is 0 Å². The van der Waals surface area contributed by atoms with Crippen LogP contribution < -0.4 is 5.32 Å². The number of rotatable bonds is 8. The average Bonchev–Trinajstić information content (AvgIpc) is 2.78. The summed E-state index contributed by atoms with van der Waals surface area (Å²) in [6.45, 7) is 3.45. The maximum atomic E-state index is 11.4. The molecule has 8 heteroatoms. The van der Waals surface area contributed by atoms with Crippen molar-refractivity contribution in [2.75, 3.05) is 18.1 Å². The number of hydrogen-bond acceptors (Lipinski definition) is 7. The Morgan fingerprint density at radius 1 is 1.32 bits per heavy atom. The number of nitrogens with one attached hydrogen (secondary N) is 1. The van der Waals surface area contributed by atoms with Crippen molar-refractivity contribution in [1.29, 1.82) is 0 Å². The highest BCUT2D eigenvalue weighted by molar-refractivity contribution is 8.17. The van der Waals surface area contributed by atoms with E-state index in [0.29, 0.717) is 0 Å². The van der Waals surface area contributed by atoms with E-state index in [1.54, 1.807) is 23.5 Å². The van der Waals surface area contributed by atoms with Gasteiger partial charge in [-0.25, -0.2) is 4.79 Å². The predicted molar refractivity (Wildman–Crippen MR) is 76.3 cm³/mol. The number of aliphatic hydroxyl groups excluding tert-OH is 3. The molecule has 0 radical (unpaired) electrons. The van der Waals surface area contributed by atoms with E-state index in [9.17, 15) is 15.0 Å². The average molecular weight is 311 g/mol. The van der Waals surface area contributed by atoms with Crippen molar-refractivity contribution in [3.8, 4) is 0 Å². The molecular weight excluding hydrogens is 290 g/mol. The van der Waals surface area contributed by atoms with Gasteiger partial charge in [-0.05, 0) is 11.5 Å². The molecule has 0 saturated carbocycles. The van der Waals surface area contributed by atoms with Gasteiger partial charge in [0.05, 0.1) is 17.2 Å². The highest BCUT2D eigenvalue weighted by Crippen LogP contribution is 2.32. The van der Waals surface area contributed by atoms with Crippen LogP contribution in [0.1, 0.15) is 13.8 Å². The van der Waals surface area contributed by atoms with Gasteiger partial charge in [0.25, 0.3) is 0 Å². The summed E-state index contributed by atoms with van der Waals surface area (Å²) in [5.74, 6) is 1.74. The second-order valence-electron chi connectivity index (χ2n) is 4.06. The van der Waals surface area contributed by atoms with Gasteiger partial charge in [0, 0.05) is 0 Å². The van der Waals surface area contributed by atoms with Crippen molar-refractivity contribution in [3.05, 3.63) is 0 Å². The van der Waals surface area contributed by atoms with Crippen molar-refractivity contribution in [1.82, 2.24) is 5.32 Å². The van der Waals surface area contributed by atoms with E-state index >= 15 is 0 Å². The standard InChI is InChI=1S/C11H21NO5S2/c1-3-18-10(19-4-2)7-9(17-11(16)12-7)8(15)6(14)5-13/h6-10,13-15H,3-5H2,1-2H3,(H,12,16)/t6-,7-,8-,9-/m1/s1. The number of aliphatic hydroxyl groups is 3. The van der Waals surface area contributed by atoms with Crippen LogP contribution in [0.25, 0.3) is 0 Å². The van der Waals surface area contributed by atoms with Crippen LogP contribution in [0.2, 0.25) is 0 Å². The molecule has 1 rings (SSSR count). The van der Waals surface area contributed by atoms with Gasteiger partial charge < -0.3 is 25.4 Å². The number of carbonyl (C=O) groups is 1. The summed E-state index contributed by atoms with van der Waals surface area (Å²) in [6, 6.07) is -0.390. The molecule has 4 N–H and O–H groups in total. The minimum atomic E-state index is -1.32. The van der Waals surface area contributed by atoms with Crippen LogP contribution >= 0.6 is 23.5 Å². The molecule has 1 fully saturated rings. The van der Waals surface area contributed by atoms with Gasteiger partial charge in [-0.1, -0.05) is 13.8 Å². The van der Waals surface area contributed by atoms with Gasteiger partial charge in [-0.3, -0.25) is 0 Å². The van der Waals surface area contributed by atoms with Gasteiger partial charge >= 0.3 is 6.09 Å². The van der Waals surface area contributed by atoms with E-state index in [0.717, 1.165) is 11.5 Å². The first-order valence-electron chi connectivity index (χ1n) is 6.22. The van der Waals surface area contributed by atoms with Crippen molar-refractivity contribution in [2.24, 2.45) is 0 Å². The fraction of sp³-hybridized carbons (Fsp3) is 0.909. The number of ether oxygens (including phenoxy) is 1. The molecule has 6 nitrogen and oxygen atoms in total. The molecule has 0 aromatic carbocycles. The number of carbonyl (C=O) groups excluding carboxylic acids is 1. The fourth-order valence-corrected chi connectivity index (χ4v) is 4.58. The van der Waals surface area contributed by atoms with Crippen molar-refractivity contribution in [2.45, 2.75) is 42.8 Å². The fourth-order valence-electron chi connectivity index (χ4n) is 1.87. The molecule has 4 atom stereocenters. The summed E-state index contributed by atoms with van der Waals surface area (Å²) in [6.07, 6.45) is -4.07. The normalized spacial score (nSPS) is 26.1. The largest absolute Gasteiger partial charge is 0.441 e. The quantitative estimate of drug-likeness (QED) is 0.469. The first-order valence-corrected chi connectivity index (χ1v) is 8.32. The Bertz CT molecular complexity index is 288. The highest BCUT2D eigenvalue weighted by atomic mass is 32.2. The Morgan fingerprint density at radius 3 is 2.37 bits per heavy atom. The Labute approximate surface area is 121 Å². The molecular formula is C11H21NO5S2. The van der Waals surface area contributed by atoms with Crippen molar-refractivity contribution >= 4 is 29.6 Å². The summed E-state index contributed by atoms with van der Waals surface area (Å²) in [5.41, 5.74) is 0. The van der Waals surface area contributed by atoms with Crippen LogP contribution in [-0.4, -0.2) is 68.5 Å². The Hall–Kier alpha value is -0.150. The maximum Gasteiger partial charge on any atom is 0.407 e. The Morgan fingerprint density at radius 2 is 1.89 bits per heavy atom. The van der Waals surface area contributed by atoms with Crippen LogP contribution in [0.15, 0.2) is 0 Å². The molecule has 1 aliphatic rings. The van der Waals surface area contributed by atoms with Crippen LogP contribution in [0.3, 0.4) is 0 Å². The second kappa shape index (κ2) is 8.21. The lowest BCUT2D eigenvalue weighted by molar-refractivity contribution is -0.0724. The van der Waals surface area contributed by atoms with E-state index in [1.807, 2.05) is 13.8 Å². The summed E-state index contributed by atoms with van der Waals surface area (Å²) < 4.78 is 5.07. The SMILES string of the molecule is CCSC(SCC)[C@@H]1NC(=O)O[C@H]1[C@H](O)[C@H](O)CO. The summed E-state index contributed by atoms with van der Waals surface area (Å²) >= 11 is 3.31. The predicted octanol–water partition coefficient (Wildman–Crippen LogP) is 0.00980. The number of amides is 1. The first-order chi connectivity index (χ1) is 9.04. The third-order valence-electron chi connectivity index (χ3n) is 2.75. The monoisotopic (exact) mass is 311 g/mol. The van der Waals surface area contributed by atoms with Crippen LogP contribution in [-0.2, 0) is 4.74 Å². The van der Waals surface area contributed by atoms with Gasteiger partial charge in [-0.2, -0.15) is 0 Å². The van der Waals surface area contributed by atoms with Gasteiger partial charge in [0.15, 0.2) is 6.10 Å². The highest BCUT2D eigenvalue weighted by Gasteiger charge is 2.45. The molecule has 0 spiro atoms. The van der Waals surface area contributed by atoms with E-state index in [-0.39, 0.29) is 4.58 Å². The van der Waals surface area contributed by atoms with E-state index in [1.165, 1.54) is 0 Å². The number of hydrogen-bond donors (Lipinski definition) is 4. The molecule has 1 saturated heterocycles. The molecule has 0 aromatic rings. The zero-order valence-electron chi connectivity index (χ0n) is 11.0. The topological polar surface area (TPSA) is 99.0 Å². The molecule has 1 heterocycles. The van der Waals surface area contributed by atoms with Crippen molar-refractivity contribution < 1.29 is 24.9 Å². The number of thioether (sulfide) groups is 2. The lowest BCUT2D eigenvalue weighted by Crippen LogP contribution is -2.50. The Kier molecular flexibility index (Phi) is 7.30. The minimum absolute atomic E-state index is 0.0343. The molecule has 112 valence electrons. The summed E-state index contributed by atoms with van der Waals surface area (Å²) in [7, 11) is 0. The summed E-state index contributed by atoms with van der Waals surface area (Å²) in [5, 5.41) is 31.0. The Balaban J connectivity index is 2.79. The van der Waals surface area contributed by atoms with Gasteiger partial charge in [0.2, 0.25) is 0 Å². The van der Waals surface area contributed by atoms with Gasteiger partial charge in [0.1, 0.15) is 12.2 Å². The first kappa shape index (κ1) is 16.9. The minimum Gasteiger partial charge on any atom is -0.441 e. The maximum absolute atomic E-state index is 11.4. The molecule has 0 aliphatic carbocycles. The lowest BCUT2D eigenvalue weighted by Gasteiger charge is -2.29. The summed E-state index contributed by atoms with van der Waals surface area (Å²) in [4.78, 5) is 11.4. The molecule has 0 unspecified atom stereocenters. The van der Waals surface area contributed by atoms with Crippen molar-refractivity contribution in [3.63, 3.8) is 0 Å². The van der Waals surface area contributed by atoms with E-state index < -0.39 is 37.1 Å².